The van der Waals surface area contributed by atoms with Gasteiger partial charge in [0.25, 0.3) is 5.91 Å². The van der Waals surface area contributed by atoms with E-state index in [2.05, 4.69) is 25.6 Å². The highest BCUT2D eigenvalue weighted by Gasteiger charge is 2.14. The van der Waals surface area contributed by atoms with Crippen molar-refractivity contribution in [1.82, 2.24) is 20.9 Å². The number of nitrogens with one attached hydrogen (secondary N) is 2. The summed E-state index contributed by atoms with van der Waals surface area (Å²) in [4.78, 5) is 11.7. The molecule has 1 aromatic heterocycles. The van der Waals surface area contributed by atoms with E-state index in [9.17, 15) is 4.79 Å². The molecular formula is C14H19ClN5O3-. The third-order valence-electron chi connectivity index (χ3n) is 2.85. The van der Waals surface area contributed by atoms with Crippen LogP contribution in [0.2, 0.25) is 0 Å². The average molecular weight is 341 g/mol. The normalized spacial score (nSPS) is 9.96. The van der Waals surface area contributed by atoms with Gasteiger partial charge in [-0.05, 0) is 34.9 Å². The molecule has 0 aliphatic heterocycles. The smallest absolute Gasteiger partial charge is 0.277 e. The number of anilines is 1. The number of rotatable bonds is 8. The first-order chi connectivity index (χ1) is 10.7. The number of ether oxygens (including phenoxy) is 1. The summed E-state index contributed by atoms with van der Waals surface area (Å²) in [6.07, 6.45) is 0. The zero-order valence-corrected chi connectivity index (χ0v) is 13.5. The van der Waals surface area contributed by atoms with E-state index in [1.54, 1.807) is 0 Å². The predicted octanol–water partition coefficient (Wildman–Crippen LogP) is -2.43. The van der Waals surface area contributed by atoms with Crippen LogP contribution in [0.25, 0.3) is 0 Å². The van der Waals surface area contributed by atoms with Gasteiger partial charge in [-0.3, -0.25) is 4.79 Å². The number of aromatic nitrogens is 2. The second kappa shape index (κ2) is 9.65. The quantitative estimate of drug-likeness (QED) is 0.458. The highest BCUT2D eigenvalue weighted by atomic mass is 35.5. The molecule has 1 heterocycles. The monoisotopic (exact) mass is 340 g/mol. The van der Waals surface area contributed by atoms with Crippen molar-refractivity contribution in [2.24, 2.45) is 0 Å². The molecule has 9 heteroatoms. The van der Waals surface area contributed by atoms with E-state index in [-0.39, 0.29) is 23.9 Å². The van der Waals surface area contributed by atoms with Gasteiger partial charge < -0.3 is 33.5 Å². The molecule has 0 saturated heterocycles. The van der Waals surface area contributed by atoms with Crippen LogP contribution >= 0.6 is 0 Å². The molecule has 0 atom stereocenters. The molecule has 0 spiro atoms. The van der Waals surface area contributed by atoms with Crippen LogP contribution in [0.3, 0.4) is 0 Å². The molecular weight excluding hydrogens is 322 g/mol. The lowest BCUT2D eigenvalue weighted by Crippen LogP contribution is -3.00. The van der Waals surface area contributed by atoms with Crippen LogP contribution in [0.15, 0.2) is 28.9 Å². The van der Waals surface area contributed by atoms with E-state index in [0.29, 0.717) is 26.2 Å². The van der Waals surface area contributed by atoms with Gasteiger partial charge in [-0.1, -0.05) is 12.1 Å². The van der Waals surface area contributed by atoms with Crippen LogP contribution < -0.4 is 33.5 Å². The minimum absolute atomic E-state index is 0. The topological polar surface area (TPSA) is 115 Å². The minimum atomic E-state index is -0.404. The zero-order chi connectivity index (χ0) is 15.8. The number of hydrogen-bond acceptors (Lipinski definition) is 7. The number of amides is 1. The van der Waals surface area contributed by atoms with Crippen LogP contribution in [0.1, 0.15) is 23.0 Å². The second-order valence-corrected chi connectivity index (χ2v) is 4.51. The van der Waals surface area contributed by atoms with Gasteiger partial charge >= 0.3 is 0 Å². The Morgan fingerprint density at radius 3 is 2.87 bits per heavy atom. The van der Waals surface area contributed by atoms with Gasteiger partial charge in [0.15, 0.2) is 0 Å². The minimum Gasteiger partial charge on any atom is -1.00 e. The summed E-state index contributed by atoms with van der Waals surface area (Å²) in [7, 11) is 0. The van der Waals surface area contributed by atoms with Gasteiger partial charge in [-0.25, -0.2) is 4.63 Å². The second-order valence-electron chi connectivity index (χ2n) is 4.51. The molecule has 1 amide bonds. The van der Waals surface area contributed by atoms with E-state index in [0.717, 1.165) is 11.3 Å². The van der Waals surface area contributed by atoms with E-state index in [1.165, 1.54) is 0 Å². The maximum atomic E-state index is 11.7. The van der Waals surface area contributed by atoms with E-state index >= 15 is 0 Å². The van der Waals surface area contributed by atoms with Gasteiger partial charge in [0.1, 0.15) is 5.75 Å². The number of carbonyl (C=O) groups excluding carboxylic acids is 1. The van der Waals surface area contributed by atoms with Crippen LogP contribution in [0, 0.1) is 0 Å². The van der Waals surface area contributed by atoms with Gasteiger partial charge in [-0.2, -0.15) is 0 Å². The van der Waals surface area contributed by atoms with Crippen LogP contribution in [0.4, 0.5) is 5.82 Å². The Bertz CT molecular complexity index is 620. The van der Waals surface area contributed by atoms with Crippen LogP contribution in [-0.4, -0.2) is 35.9 Å². The number of nitrogen functional groups attached to an aromatic ring is 1. The summed E-state index contributed by atoms with van der Waals surface area (Å²) in [5.41, 5.74) is 6.55. The Morgan fingerprint density at radius 1 is 1.35 bits per heavy atom. The van der Waals surface area contributed by atoms with E-state index < -0.39 is 5.91 Å². The molecule has 0 fully saturated rings. The Kier molecular flexibility index (Phi) is 7.86. The van der Waals surface area contributed by atoms with Crippen LogP contribution in [0.5, 0.6) is 5.75 Å². The van der Waals surface area contributed by atoms with Crippen molar-refractivity contribution < 1.29 is 26.6 Å². The first-order valence-electron chi connectivity index (χ1n) is 6.99. The number of nitrogens with two attached hydrogens (primary N) is 1. The Hall–Kier alpha value is -2.32. The highest BCUT2D eigenvalue weighted by molar-refractivity contribution is 5.95. The Morgan fingerprint density at radius 2 is 2.17 bits per heavy atom. The van der Waals surface area contributed by atoms with Crippen LogP contribution in [-0.2, 0) is 6.54 Å². The molecule has 0 unspecified atom stereocenters. The Labute approximate surface area is 140 Å². The third kappa shape index (κ3) is 5.76. The molecule has 4 N–H and O–H groups in total. The first-order valence-corrected chi connectivity index (χ1v) is 6.99. The summed E-state index contributed by atoms with van der Waals surface area (Å²) < 4.78 is 9.81. The maximum Gasteiger partial charge on any atom is 0.277 e. The van der Waals surface area contributed by atoms with Crippen molar-refractivity contribution in [3.63, 3.8) is 0 Å². The van der Waals surface area contributed by atoms with Crippen molar-refractivity contribution in [3.8, 4) is 5.75 Å². The molecule has 0 aliphatic carbocycles. The number of carbonyl (C=O) groups is 1. The SMILES string of the molecule is CCOc1cccc(CNCCNC(=O)c2nonc2N)c1.[Cl-]. The van der Waals surface area contributed by atoms with Crippen molar-refractivity contribution in [3.05, 3.63) is 35.5 Å². The standard InChI is InChI=1S/C14H19N5O3.ClH/c1-2-21-11-5-3-4-10(8-11)9-16-6-7-17-14(20)12-13(15)19-22-18-12;/h3-5,8,16H,2,6-7,9H2,1H3,(H2,15,19)(H,17,20);1H/p-1. The van der Waals surface area contributed by atoms with Crippen molar-refractivity contribution in [2.45, 2.75) is 13.5 Å². The molecule has 8 nitrogen and oxygen atoms in total. The molecule has 0 aliphatic rings. The summed E-state index contributed by atoms with van der Waals surface area (Å²) >= 11 is 0. The summed E-state index contributed by atoms with van der Waals surface area (Å²) in [5, 5.41) is 12.7. The van der Waals surface area contributed by atoms with Gasteiger partial charge in [0.2, 0.25) is 11.5 Å². The fourth-order valence-electron chi connectivity index (χ4n) is 1.85. The molecule has 0 radical (unpaired) electrons. The predicted molar refractivity (Wildman–Crippen MR) is 80.4 cm³/mol. The number of hydrogen-bond donors (Lipinski definition) is 3. The lowest BCUT2D eigenvalue weighted by Gasteiger charge is -2.08. The average Bonchev–Trinajstić information content (AvgIpc) is 2.94. The molecule has 0 bridgehead atoms. The molecule has 1 aromatic carbocycles. The maximum absolute atomic E-state index is 11.7. The van der Waals surface area contributed by atoms with Gasteiger partial charge in [0, 0.05) is 19.6 Å². The molecule has 2 rings (SSSR count). The molecule has 23 heavy (non-hydrogen) atoms. The summed E-state index contributed by atoms with van der Waals surface area (Å²) in [6.45, 7) is 4.32. The fourth-order valence-corrected chi connectivity index (χ4v) is 1.85. The fraction of sp³-hybridized carbons (Fsp3) is 0.357. The number of nitrogens with zero attached hydrogens (tertiary/aromatic N) is 2. The molecule has 0 saturated carbocycles. The zero-order valence-electron chi connectivity index (χ0n) is 12.7. The molecule has 2 aromatic rings. The van der Waals surface area contributed by atoms with Crippen molar-refractivity contribution in [2.75, 3.05) is 25.4 Å². The lowest BCUT2D eigenvalue weighted by atomic mass is 10.2. The largest absolute Gasteiger partial charge is 1.00 e. The highest BCUT2D eigenvalue weighted by Crippen LogP contribution is 2.12. The summed E-state index contributed by atoms with van der Waals surface area (Å²) in [5.74, 6) is 0.432. The number of halogens is 1. The van der Waals surface area contributed by atoms with Gasteiger partial charge in [0.05, 0.1) is 6.61 Å². The third-order valence-corrected chi connectivity index (χ3v) is 2.85. The lowest BCUT2D eigenvalue weighted by molar-refractivity contribution is -0.0000141. The number of benzene rings is 1. The van der Waals surface area contributed by atoms with Gasteiger partial charge in [-0.15, -0.1) is 0 Å². The Balaban J connectivity index is 0.00000264. The van der Waals surface area contributed by atoms with Crippen molar-refractivity contribution >= 4 is 11.7 Å². The van der Waals surface area contributed by atoms with E-state index in [1.807, 2.05) is 31.2 Å². The molecule has 126 valence electrons. The first kappa shape index (κ1) is 18.7. The van der Waals surface area contributed by atoms with E-state index in [4.69, 9.17) is 10.5 Å². The van der Waals surface area contributed by atoms with Crippen molar-refractivity contribution in [1.29, 1.82) is 0 Å². The summed E-state index contributed by atoms with van der Waals surface area (Å²) in [6, 6.07) is 7.86.